The molecule has 2 N–H and O–H groups in total. The molecule has 1 aliphatic heterocycles. The Morgan fingerprint density at radius 1 is 1.43 bits per heavy atom. The summed E-state index contributed by atoms with van der Waals surface area (Å²) in [6, 6.07) is 0. The van der Waals surface area contributed by atoms with E-state index in [1.807, 2.05) is 11.0 Å². The van der Waals surface area contributed by atoms with Gasteiger partial charge in [0.1, 0.15) is 0 Å². The standard InChI is InChI=1S/C11H18N2O/c1-2-9-3-7-13(8-4-9)10(14)11(12)5-6-11/h2,9H,1,3-8,12H2. The summed E-state index contributed by atoms with van der Waals surface area (Å²) >= 11 is 0. The first-order chi connectivity index (χ1) is 6.65. The van der Waals surface area contributed by atoms with Crippen LogP contribution in [0, 0.1) is 5.92 Å². The van der Waals surface area contributed by atoms with Gasteiger partial charge in [0.25, 0.3) is 0 Å². The molecule has 0 unspecified atom stereocenters. The topological polar surface area (TPSA) is 46.3 Å². The zero-order valence-corrected chi connectivity index (χ0v) is 8.54. The van der Waals surface area contributed by atoms with Gasteiger partial charge in [-0.2, -0.15) is 0 Å². The number of rotatable bonds is 2. The SMILES string of the molecule is C=CC1CCN(C(=O)C2(N)CC2)CC1. The van der Waals surface area contributed by atoms with Gasteiger partial charge < -0.3 is 10.6 Å². The van der Waals surface area contributed by atoms with Crippen molar-refractivity contribution in [1.29, 1.82) is 0 Å². The first-order valence-electron chi connectivity index (χ1n) is 5.36. The predicted octanol–water partition coefficient (Wildman–Crippen LogP) is 0.902. The van der Waals surface area contributed by atoms with Crippen LogP contribution in [0.2, 0.25) is 0 Å². The summed E-state index contributed by atoms with van der Waals surface area (Å²) < 4.78 is 0. The fraction of sp³-hybridized carbons (Fsp3) is 0.727. The van der Waals surface area contributed by atoms with Crippen LogP contribution in [0.25, 0.3) is 0 Å². The molecule has 78 valence electrons. The van der Waals surface area contributed by atoms with E-state index in [4.69, 9.17) is 5.73 Å². The van der Waals surface area contributed by atoms with Crippen LogP contribution in [0.1, 0.15) is 25.7 Å². The molecule has 3 heteroatoms. The average molecular weight is 194 g/mol. The molecule has 0 aromatic carbocycles. The second-order valence-corrected chi connectivity index (χ2v) is 4.52. The van der Waals surface area contributed by atoms with Gasteiger partial charge in [-0.25, -0.2) is 0 Å². The highest BCUT2D eigenvalue weighted by Gasteiger charge is 2.48. The van der Waals surface area contributed by atoms with Gasteiger partial charge in [-0.3, -0.25) is 4.79 Å². The molecule has 1 aliphatic carbocycles. The maximum absolute atomic E-state index is 11.9. The summed E-state index contributed by atoms with van der Waals surface area (Å²) in [6.45, 7) is 5.50. The molecule has 1 saturated carbocycles. The molecule has 2 rings (SSSR count). The van der Waals surface area contributed by atoms with Crippen molar-refractivity contribution in [3.8, 4) is 0 Å². The number of hydrogen-bond acceptors (Lipinski definition) is 2. The van der Waals surface area contributed by atoms with E-state index in [1.54, 1.807) is 0 Å². The second-order valence-electron chi connectivity index (χ2n) is 4.52. The third-order valence-corrected chi connectivity index (χ3v) is 3.37. The number of allylic oxidation sites excluding steroid dienone is 1. The highest BCUT2D eigenvalue weighted by molar-refractivity contribution is 5.89. The van der Waals surface area contributed by atoms with E-state index in [0.29, 0.717) is 5.92 Å². The third-order valence-electron chi connectivity index (χ3n) is 3.37. The van der Waals surface area contributed by atoms with Crippen molar-refractivity contribution in [2.75, 3.05) is 13.1 Å². The Kier molecular flexibility index (Phi) is 2.35. The molecule has 1 amide bonds. The Morgan fingerprint density at radius 3 is 2.43 bits per heavy atom. The van der Waals surface area contributed by atoms with Crippen LogP contribution in [0.3, 0.4) is 0 Å². The predicted molar refractivity (Wildman–Crippen MR) is 55.7 cm³/mol. The fourth-order valence-electron chi connectivity index (χ4n) is 2.00. The van der Waals surface area contributed by atoms with Gasteiger partial charge in [-0.05, 0) is 31.6 Å². The van der Waals surface area contributed by atoms with Crippen LogP contribution in [0.5, 0.6) is 0 Å². The smallest absolute Gasteiger partial charge is 0.242 e. The summed E-state index contributed by atoms with van der Waals surface area (Å²) in [5.74, 6) is 0.756. The quantitative estimate of drug-likeness (QED) is 0.664. The molecule has 0 radical (unpaired) electrons. The average Bonchev–Trinajstić information content (AvgIpc) is 2.97. The number of carbonyl (C=O) groups is 1. The highest BCUT2D eigenvalue weighted by atomic mass is 16.2. The molecule has 14 heavy (non-hydrogen) atoms. The van der Waals surface area contributed by atoms with Gasteiger partial charge in [0.15, 0.2) is 0 Å². The summed E-state index contributed by atoms with van der Waals surface area (Å²) in [6.07, 6.45) is 5.83. The number of likely N-dealkylation sites (tertiary alicyclic amines) is 1. The lowest BCUT2D eigenvalue weighted by Crippen LogP contribution is -2.48. The molecule has 0 aromatic rings. The molecular weight excluding hydrogens is 176 g/mol. The number of amides is 1. The lowest BCUT2D eigenvalue weighted by atomic mass is 9.96. The molecule has 1 heterocycles. The normalized spacial score (nSPS) is 25.9. The van der Waals surface area contributed by atoms with Crippen molar-refractivity contribution in [3.63, 3.8) is 0 Å². The fourth-order valence-corrected chi connectivity index (χ4v) is 2.00. The monoisotopic (exact) mass is 194 g/mol. The number of piperidine rings is 1. The Hall–Kier alpha value is -0.830. The van der Waals surface area contributed by atoms with Crippen LogP contribution in [0.4, 0.5) is 0 Å². The van der Waals surface area contributed by atoms with Crippen molar-refractivity contribution < 1.29 is 4.79 Å². The molecule has 0 bridgehead atoms. The Bertz CT molecular complexity index is 250. The molecule has 0 spiro atoms. The summed E-state index contributed by atoms with van der Waals surface area (Å²) in [5, 5.41) is 0. The molecule has 1 saturated heterocycles. The van der Waals surface area contributed by atoms with Crippen LogP contribution in [-0.2, 0) is 4.79 Å². The summed E-state index contributed by atoms with van der Waals surface area (Å²) in [7, 11) is 0. The van der Waals surface area contributed by atoms with Gasteiger partial charge in [0.05, 0.1) is 5.54 Å². The Morgan fingerprint density at radius 2 is 2.00 bits per heavy atom. The zero-order valence-electron chi connectivity index (χ0n) is 8.54. The van der Waals surface area contributed by atoms with Crippen molar-refractivity contribution in [2.45, 2.75) is 31.2 Å². The van der Waals surface area contributed by atoms with E-state index in [1.165, 1.54) is 0 Å². The van der Waals surface area contributed by atoms with E-state index in [-0.39, 0.29) is 5.91 Å². The van der Waals surface area contributed by atoms with Crippen molar-refractivity contribution in [1.82, 2.24) is 4.90 Å². The van der Waals surface area contributed by atoms with Crippen LogP contribution < -0.4 is 5.73 Å². The zero-order chi connectivity index (χ0) is 10.2. The molecule has 3 nitrogen and oxygen atoms in total. The lowest BCUT2D eigenvalue weighted by molar-refractivity contribution is -0.134. The minimum atomic E-state index is -0.485. The Balaban J connectivity index is 1.89. The van der Waals surface area contributed by atoms with Crippen LogP contribution in [-0.4, -0.2) is 29.4 Å². The van der Waals surface area contributed by atoms with E-state index in [2.05, 4.69) is 6.58 Å². The minimum absolute atomic E-state index is 0.167. The number of carbonyl (C=O) groups excluding carboxylic acids is 1. The van der Waals surface area contributed by atoms with Gasteiger partial charge in [0.2, 0.25) is 5.91 Å². The Labute approximate surface area is 84.9 Å². The number of nitrogens with two attached hydrogens (primary N) is 1. The minimum Gasteiger partial charge on any atom is -0.341 e. The molecule has 2 aliphatic rings. The maximum atomic E-state index is 11.9. The van der Waals surface area contributed by atoms with E-state index >= 15 is 0 Å². The second kappa shape index (κ2) is 3.39. The van der Waals surface area contributed by atoms with Gasteiger partial charge >= 0.3 is 0 Å². The molecular formula is C11H18N2O. The van der Waals surface area contributed by atoms with E-state index < -0.39 is 5.54 Å². The van der Waals surface area contributed by atoms with Crippen molar-refractivity contribution >= 4 is 5.91 Å². The van der Waals surface area contributed by atoms with Gasteiger partial charge in [-0.1, -0.05) is 6.08 Å². The molecule has 0 atom stereocenters. The van der Waals surface area contributed by atoms with Crippen molar-refractivity contribution in [2.24, 2.45) is 11.7 Å². The van der Waals surface area contributed by atoms with Crippen LogP contribution in [0.15, 0.2) is 12.7 Å². The lowest BCUT2D eigenvalue weighted by Gasteiger charge is -2.32. The summed E-state index contributed by atoms with van der Waals surface area (Å²) in [4.78, 5) is 13.8. The van der Waals surface area contributed by atoms with Crippen molar-refractivity contribution in [3.05, 3.63) is 12.7 Å². The molecule has 0 aromatic heterocycles. The number of hydrogen-bond donors (Lipinski definition) is 1. The van der Waals surface area contributed by atoms with E-state index in [0.717, 1.165) is 38.8 Å². The first kappa shape index (κ1) is 9.71. The highest BCUT2D eigenvalue weighted by Crippen LogP contribution is 2.35. The van der Waals surface area contributed by atoms with E-state index in [9.17, 15) is 4.79 Å². The van der Waals surface area contributed by atoms with Crippen LogP contribution >= 0.6 is 0 Å². The van der Waals surface area contributed by atoms with Gasteiger partial charge in [-0.15, -0.1) is 6.58 Å². The van der Waals surface area contributed by atoms with Gasteiger partial charge in [0, 0.05) is 13.1 Å². The molecule has 2 fully saturated rings. The summed E-state index contributed by atoms with van der Waals surface area (Å²) in [5.41, 5.74) is 5.39. The maximum Gasteiger partial charge on any atom is 0.242 e. The first-order valence-corrected chi connectivity index (χ1v) is 5.36. The number of nitrogens with zero attached hydrogens (tertiary/aromatic N) is 1. The largest absolute Gasteiger partial charge is 0.341 e. The third kappa shape index (κ3) is 1.69.